The standard InChI is InChI=1S/C21H24F3NO3/c1-20(2,3)28-19(27)25(12-15-4-6-17(14-26)7-5-15)13-16-8-10-18(11-9-16)21(22,23)24/h4-11,26H,12-14H2,1-3H3. The van der Waals surface area contributed by atoms with E-state index in [1.807, 2.05) is 0 Å². The molecule has 7 heteroatoms. The van der Waals surface area contributed by atoms with Gasteiger partial charge in [-0.2, -0.15) is 13.2 Å². The molecule has 0 atom stereocenters. The van der Waals surface area contributed by atoms with E-state index in [2.05, 4.69) is 0 Å². The first-order valence-electron chi connectivity index (χ1n) is 8.81. The average molecular weight is 395 g/mol. The van der Waals surface area contributed by atoms with Crippen LogP contribution in [0.3, 0.4) is 0 Å². The Labute approximate surface area is 162 Å². The fraction of sp³-hybridized carbons (Fsp3) is 0.381. The summed E-state index contributed by atoms with van der Waals surface area (Å²) in [5, 5.41) is 9.14. The lowest BCUT2D eigenvalue weighted by molar-refractivity contribution is -0.137. The summed E-state index contributed by atoms with van der Waals surface area (Å²) >= 11 is 0. The van der Waals surface area contributed by atoms with Gasteiger partial charge in [-0.15, -0.1) is 0 Å². The Kier molecular flexibility index (Phi) is 6.72. The molecule has 2 aromatic rings. The third-order valence-corrected chi connectivity index (χ3v) is 3.89. The molecule has 1 amide bonds. The molecule has 0 saturated carbocycles. The summed E-state index contributed by atoms with van der Waals surface area (Å²) < 4.78 is 43.7. The Hall–Kier alpha value is -2.54. The van der Waals surface area contributed by atoms with E-state index in [4.69, 9.17) is 9.84 Å². The van der Waals surface area contributed by atoms with Gasteiger partial charge in [0, 0.05) is 13.1 Å². The summed E-state index contributed by atoms with van der Waals surface area (Å²) in [6.07, 6.45) is -4.96. The van der Waals surface area contributed by atoms with Gasteiger partial charge in [-0.3, -0.25) is 4.90 Å². The van der Waals surface area contributed by atoms with Crippen molar-refractivity contribution >= 4 is 6.09 Å². The van der Waals surface area contributed by atoms with E-state index in [1.54, 1.807) is 45.0 Å². The highest BCUT2D eigenvalue weighted by Crippen LogP contribution is 2.29. The van der Waals surface area contributed by atoms with E-state index in [-0.39, 0.29) is 19.7 Å². The highest BCUT2D eigenvalue weighted by molar-refractivity contribution is 5.68. The van der Waals surface area contributed by atoms with Crippen molar-refractivity contribution in [3.8, 4) is 0 Å². The molecule has 0 aliphatic rings. The van der Waals surface area contributed by atoms with Gasteiger partial charge < -0.3 is 9.84 Å². The molecule has 28 heavy (non-hydrogen) atoms. The zero-order valence-electron chi connectivity index (χ0n) is 16.1. The Balaban J connectivity index is 2.20. The maximum atomic E-state index is 12.7. The number of ether oxygens (including phenoxy) is 1. The van der Waals surface area contributed by atoms with Gasteiger partial charge in [0.05, 0.1) is 12.2 Å². The number of alkyl halides is 3. The summed E-state index contributed by atoms with van der Waals surface area (Å²) in [6.45, 7) is 5.49. The van der Waals surface area contributed by atoms with Crippen LogP contribution in [0.4, 0.5) is 18.0 Å². The van der Waals surface area contributed by atoms with Gasteiger partial charge in [0.25, 0.3) is 0 Å². The Morgan fingerprint density at radius 1 is 0.893 bits per heavy atom. The van der Waals surface area contributed by atoms with Crippen molar-refractivity contribution in [1.29, 1.82) is 0 Å². The molecule has 0 spiro atoms. The molecule has 2 rings (SSSR count). The zero-order chi connectivity index (χ0) is 20.9. The normalized spacial score (nSPS) is 12.0. The molecule has 152 valence electrons. The van der Waals surface area contributed by atoms with E-state index in [0.29, 0.717) is 5.56 Å². The summed E-state index contributed by atoms with van der Waals surface area (Å²) in [6, 6.07) is 11.8. The maximum absolute atomic E-state index is 12.7. The lowest BCUT2D eigenvalue weighted by Crippen LogP contribution is -2.36. The van der Waals surface area contributed by atoms with Gasteiger partial charge in [-0.1, -0.05) is 36.4 Å². The van der Waals surface area contributed by atoms with Crippen LogP contribution in [-0.2, 0) is 30.6 Å². The van der Waals surface area contributed by atoms with Crippen LogP contribution >= 0.6 is 0 Å². The Bertz CT molecular complexity index is 779. The van der Waals surface area contributed by atoms with E-state index >= 15 is 0 Å². The van der Waals surface area contributed by atoms with Crippen LogP contribution in [0.1, 0.15) is 43.0 Å². The maximum Gasteiger partial charge on any atom is 0.416 e. The molecule has 1 N–H and O–H groups in total. The zero-order valence-corrected chi connectivity index (χ0v) is 16.1. The Morgan fingerprint density at radius 2 is 1.32 bits per heavy atom. The van der Waals surface area contributed by atoms with Gasteiger partial charge in [-0.05, 0) is 49.6 Å². The number of carbonyl (C=O) groups is 1. The minimum atomic E-state index is -4.40. The largest absolute Gasteiger partial charge is 0.444 e. The average Bonchev–Trinajstić information content (AvgIpc) is 2.60. The monoisotopic (exact) mass is 395 g/mol. The van der Waals surface area contributed by atoms with Crippen molar-refractivity contribution < 1.29 is 27.8 Å². The number of amides is 1. The minimum Gasteiger partial charge on any atom is -0.444 e. The van der Waals surface area contributed by atoms with Gasteiger partial charge in [0.15, 0.2) is 0 Å². The molecule has 0 unspecified atom stereocenters. The third-order valence-electron chi connectivity index (χ3n) is 3.89. The number of carbonyl (C=O) groups excluding carboxylic acids is 1. The Morgan fingerprint density at radius 3 is 1.71 bits per heavy atom. The quantitative estimate of drug-likeness (QED) is 0.763. The first-order chi connectivity index (χ1) is 13.0. The van der Waals surface area contributed by atoms with Crippen molar-refractivity contribution in [3.63, 3.8) is 0 Å². The lowest BCUT2D eigenvalue weighted by Gasteiger charge is -2.27. The lowest BCUT2D eigenvalue weighted by atomic mass is 10.1. The van der Waals surface area contributed by atoms with E-state index < -0.39 is 23.4 Å². The number of nitrogens with zero attached hydrogens (tertiary/aromatic N) is 1. The topological polar surface area (TPSA) is 49.8 Å². The van der Waals surface area contributed by atoms with Gasteiger partial charge in [0.1, 0.15) is 5.60 Å². The van der Waals surface area contributed by atoms with E-state index in [9.17, 15) is 18.0 Å². The first-order valence-corrected chi connectivity index (χ1v) is 8.81. The highest BCUT2D eigenvalue weighted by Gasteiger charge is 2.30. The molecule has 0 aromatic heterocycles. The second-order valence-corrected chi connectivity index (χ2v) is 7.51. The molecule has 0 aliphatic carbocycles. The summed E-state index contributed by atoms with van der Waals surface area (Å²) in [4.78, 5) is 14.0. The molecule has 0 bridgehead atoms. The van der Waals surface area contributed by atoms with Crippen LogP contribution in [0.25, 0.3) is 0 Å². The van der Waals surface area contributed by atoms with E-state index in [0.717, 1.165) is 23.3 Å². The second kappa shape index (κ2) is 8.65. The molecular weight excluding hydrogens is 371 g/mol. The number of aliphatic hydroxyl groups is 1. The second-order valence-electron chi connectivity index (χ2n) is 7.51. The molecule has 4 nitrogen and oxygen atoms in total. The molecule has 0 heterocycles. The predicted octanol–water partition coefficient (Wildman–Crippen LogP) is 5.14. The van der Waals surface area contributed by atoms with Crippen LogP contribution in [0.5, 0.6) is 0 Å². The fourth-order valence-electron chi connectivity index (χ4n) is 2.50. The van der Waals surface area contributed by atoms with Gasteiger partial charge >= 0.3 is 12.3 Å². The van der Waals surface area contributed by atoms with Crippen molar-refractivity contribution in [3.05, 3.63) is 70.8 Å². The van der Waals surface area contributed by atoms with Crippen molar-refractivity contribution in [1.82, 2.24) is 4.90 Å². The van der Waals surface area contributed by atoms with Crippen LogP contribution in [0.15, 0.2) is 48.5 Å². The van der Waals surface area contributed by atoms with Crippen molar-refractivity contribution in [2.45, 2.75) is 52.2 Å². The molecule has 0 saturated heterocycles. The van der Waals surface area contributed by atoms with Crippen molar-refractivity contribution in [2.24, 2.45) is 0 Å². The number of aliphatic hydroxyl groups excluding tert-OH is 1. The first kappa shape index (κ1) is 21.8. The van der Waals surface area contributed by atoms with Crippen LogP contribution in [0, 0.1) is 0 Å². The number of hydrogen-bond acceptors (Lipinski definition) is 3. The van der Waals surface area contributed by atoms with Gasteiger partial charge in [0.2, 0.25) is 0 Å². The summed E-state index contributed by atoms with van der Waals surface area (Å²) in [5.74, 6) is 0. The third kappa shape index (κ3) is 6.56. The molecule has 2 aromatic carbocycles. The van der Waals surface area contributed by atoms with Crippen LogP contribution < -0.4 is 0 Å². The van der Waals surface area contributed by atoms with Gasteiger partial charge in [-0.25, -0.2) is 4.79 Å². The highest BCUT2D eigenvalue weighted by atomic mass is 19.4. The number of benzene rings is 2. The summed E-state index contributed by atoms with van der Waals surface area (Å²) in [7, 11) is 0. The SMILES string of the molecule is CC(C)(C)OC(=O)N(Cc1ccc(CO)cc1)Cc1ccc(C(F)(F)F)cc1. The number of rotatable bonds is 5. The van der Waals surface area contributed by atoms with Crippen molar-refractivity contribution in [2.75, 3.05) is 0 Å². The summed E-state index contributed by atoms with van der Waals surface area (Å²) in [5.41, 5.74) is 0.687. The minimum absolute atomic E-state index is 0.0817. The van der Waals surface area contributed by atoms with E-state index in [1.165, 1.54) is 17.0 Å². The molecule has 0 fully saturated rings. The van der Waals surface area contributed by atoms with Crippen LogP contribution in [-0.4, -0.2) is 21.7 Å². The number of halogens is 3. The number of hydrogen-bond donors (Lipinski definition) is 1. The molecular formula is C21H24F3NO3. The molecule has 0 aliphatic heterocycles. The predicted molar refractivity (Wildman–Crippen MR) is 99.3 cm³/mol. The van der Waals surface area contributed by atoms with Crippen LogP contribution in [0.2, 0.25) is 0 Å². The fourth-order valence-corrected chi connectivity index (χ4v) is 2.50. The smallest absolute Gasteiger partial charge is 0.416 e. The molecule has 0 radical (unpaired) electrons.